The summed E-state index contributed by atoms with van der Waals surface area (Å²) in [5.74, 6) is -0.921. The fourth-order valence-corrected chi connectivity index (χ4v) is 15.0. The third-order valence-electron chi connectivity index (χ3n) is 13.2. The van der Waals surface area contributed by atoms with E-state index in [4.69, 9.17) is 37.5 Å². The number of hydrogen-bond donors (Lipinski definition) is 0. The minimum Gasteiger partial charge on any atom is -0.467 e. The van der Waals surface area contributed by atoms with Gasteiger partial charge in [-0.3, -0.25) is 0 Å². The maximum Gasteiger partial charge on any atom is 0.342 e. The van der Waals surface area contributed by atoms with Gasteiger partial charge in [0.15, 0.2) is 20.9 Å². The average Bonchev–Trinajstić information content (AvgIpc) is 3.76. The van der Waals surface area contributed by atoms with E-state index in [0.29, 0.717) is 35.4 Å². The van der Waals surface area contributed by atoms with Crippen molar-refractivity contribution < 1.29 is 37.3 Å². The first-order valence-electron chi connectivity index (χ1n) is 23.7. The summed E-state index contributed by atoms with van der Waals surface area (Å²) in [6.45, 7) is 33.7. The zero-order valence-electron chi connectivity index (χ0n) is 43.1. The number of carbonyl (C=O) groups excluding carboxylic acids is 1. The highest BCUT2D eigenvalue weighted by Gasteiger charge is 2.52. The fourth-order valence-electron chi connectivity index (χ4n) is 8.29. The molecule has 0 spiro atoms. The van der Waals surface area contributed by atoms with Gasteiger partial charge in [-0.05, 0) is 72.7 Å². The van der Waals surface area contributed by atoms with E-state index < -0.39 is 48.7 Å². The molecular weight excluding hydrogens is 877 g/mol. The molecule has 4 aromatic rings. The minimum atomic E-state index is -2.80. The molecule has 1 unspecified atom stereocenters. The number of methoxy groups -OCH3 is 1. The second-order valence-corrected chi connectivity index (χ2v) is 36.9. The molecule has 1 aliphatic rings. The van der Waals surface area contributed by atoms with Crippen LogP contribution in [-0.2, 0) is 34.8 Å². The lowest BCUT2D eigenvalue weighted by Gasteiger charge is -2.45. The molecule has 13 heteroatoms. The Morgan fingerprint density at radius 1 is 0.879 bits per heavy atom. The SMILES string of the molecule is COCOc1cc2c(ncn2C)c(C=CC[C@@H]2OC(C)(C)O[C@@H]2C(C=C[C@@H](C)[C@H](C)O[Si](c2ccccc2)(c2ccccc2)C(C)(C)C)O[Si](C)(C)C(C)(C)C)c1C(=O)OCC[Si](C)(C)C. The molecule has 362 valence electrons. The molecule has 5 rings (SSSR count). The van der Waals surface area contributed by atoms with Crippen molar-refractivity contribution in [2.45, 2.75) is 155 Å². The van der Waals surface area contributed by atoms with Gasteiger partial charge in [-0.25, -0.2) is 9.78 Å². The summed E-state index contributed by atoms with van der Waals surface area (Å²) in [6.07, 6.45) is 9.30. The molecular formula is C53H80N2O8Si3. The van der Waals surface area contributed by atoms with E-state index in [1.165, 1.54) is 10.4 Å². The van der Waals surface area contributed by atoms with Crippen LogP contribution >= 0.6 is 0 Å². The van der Waals surface area contributed by atoms with Gasteiger partial charge in [-0.15, -0.1) is 0 Å². The Kier molecular flexibility index (Phi) is 17.2. The van der Waals surface area contributed by atoms with E-state index >= 15 is 0 Å². The normalized spacial score (nSPS) is 18.9. The van der Waals surface area contributed by atoms with Crippen molar-refractivity contribution in [3.05, 3.63) is 102 Å². The van der Waals surface area contributed by atoms with Crippen molar-refractivity contribution >= 4 is 58.2 Å². The van der Waals surface area contributed by atoms with Crippen LogP contribution in [0.25, 0.3) is 17.1 Å². The van der Waals surface area contributed by atoms with Gasteiger partial charge >= 0.3 is 5.97 Å². The van der Waals surface area contributed by atoms with Crippen molar-refractivity contribution in [3.63, 3.8) is 0 Å². The van der Waals surface area contributed by atoms with Crippen LogP contribution in [0, 0.1) is 5.92 Å². The van der Waals surface area contributed by atoms with Crippen molar-refractivity contribution in [2.75, 3.05) is 20.5 Å². The summed E-state index contributed by atoms with van der Waals surface area (Å²) in [4.78, 5) is 18.8. The topological polar surface area (TPSA) is 99.5 Å². The number of esters is 1. The number of benzene rings is 3. The molecule has 2 heterocycles. The van der Waals surface area contributed by atoms with Gasteiger partial charge in [0.25, 0.3) is 8.32 Å². The van der Waals surface area contributed by atoms with Crippen LogP contribution in [0.5, 0.6) is 5.75 Å². The third kappa shape index (κ3) is 12.7. The van der Waals surface area contributed by atoms with E-state index in [2.05, 4.69) is 161 Å². The first-order chi connectivity index (χ1) is 30.7. The van der Waals surface area contributed by atoms with Crippen LogP contribution < -0.4 is 15.1 Å². The van der Waals surface area contributed by atoms with Gasteiger partial charge in [-0.1, -0.05) is 153 Å². The van der Waals surface area contributed by atoms with Crippen LogP contribution in [0.4, 0.5) is 0 Å². The second-order valence-electron chi connectivity index (χ2n) is 22.2. The molecule has 0 aliphatic carbocycles. The first kappa shape index (κ1) is 53.3. The molecule has 0 bridgehead atoms. The predicted molar refractivity (Wildman–Crippen MR) is 278 cm³/mol. The molecule has 10 nitrogen and oxygen atoms in total. The summed E-state index contributed by atoms with van der Waals surface area (Å²) in [5.41, 5.74) is 2.41. The fraction of sp³-hybridized carbons (Fsp3) is 0.547. The number of carbonyl (C=O) groups is 1. The molecule has 0 amide bonds. The summed E-state index contributed by atoms with van der Waals surface area (Å²) in [5, 5.41) is 2.30. The average molecular weight is 957 g/mol. The molecule has 0 radical (unpaired) electrons. The van der Waals surface area contributed by atoms with Crippen molar-refractivity contribution in [1.29, 1.82) is 0 Å². The maximum atomic E-state index is 14.0. The zero-order chi connectivity index (χ0) is 48.9. The highest BCUT2D eigenvalue weighted by atomic mass is 28.4. The lowest BCUT2D eigenvalue weighted by atomic mass is 9.99. The van der Waals surface area contributed by atoms with Gasteiger partial charge in [-0.2, -0.15) is 0 Å². The monoisotopic (exact) mass is 957 g/mol. The Morgan fingerprint density at radius 2 is 1.48 bits per heavy atom. The Bertz CT molecular complexity index is 2230. The summed E-state index contributed by atoms with van der Waals surface area (Å²) in [6, 6.07) is 24.3. The summed E-state index contributed by atoms with van der Waals surface area (Å²) < 4.78 is 47.6. The van der Waals surface area contributed by atoms with Crippen molar-refractivity contribution in [3.8, 4) is 5.75 Å². The highest BCUT2D eigenvalue weighted by Crippen LogP contribution is 2.42. The van der Waals surface area contributed by atoms with E-state index in [1.54, 1.807) is 13.4 Å². The molecule has 0 saturated carbocycles. The Balaban J connectivity index is 1.51. The Hall–Kier alpha value is -3.67. The quantitative estimate of drug-likeness (QED) is 0.0371. The van der Waals surface area contributed by atoms with Gasteiger partial charge in [0.1, 0.15) is 17.4 Å². The predicted octanol–water partition coefficient (Wildman–Crippen LogP) is 11.5. The van der Waals surface area contributed by atoms with Gasteiger partial charge in [0.2, 0.25) is 0 Å². The van der Waals surface area contributed by atoms with Crippen LogP contribution in [-0.4, -0.2) is 90.9 Å². The molecule has 1 aliphatic heterocycles. The number of imidazole rings is 1. The van der Waals surface area contributed by atoms with E-state index in [1.807, 2.05) is 43.7 Å². The smallest absolute Gasteiger partial charge is 0.342 e. The molecule has 1 aromatic heterocycles. The van der Waals surface area contributed by atoms with Crippen molar-refractivity contribution in [2.24, 2.45) is 13.0 Å². The summed E-state index contributed by atoms with van der Waals surface area (Å²) >= 11 is 0. The van der Waals surface area contributed by atoms with Gasteiger partial charge < -0.3 is 37.1 Å². The van der Waals surface area contributed by atoms with Crippen LogP contribution in [0.3, 0.4) is 0 Å². The molecule has 5 atom stereocenters. The number of nitrogens with zero attached hydrogens (tertiary/aromatic N) is 2. The third-order valence-corrected chi connectivity index (χ3v) is 24.5. The molecule has 1 saturated heterocycles. The number of ether oxygens (including phenoxy) is 5. The number of hydrogen-bond acceptors (Lipinski definition) is 9. The number of aryl methyl sites for hydroxylation is 1. The molecule has 0 N–H and O–H groups in total. The lowest BCUT2D eigenvalue weighted by Crippen LogP contribution is -2.67. The Labute approximate surface area is 399 Å². The molecule has 1 fully saturated rings. The molecule has 3 aromatic carbocycles. The van der Waals surface area contributed by atoms with E-state index in [0.717, 1.165) is 11.6 Å². The van der Waals surface area contributed by atoms with E-state index in [-0.39, 0.29) is 35.0 Å². The summed E-state index contributed by atoms with van der Waals surface area (Å²) in [7, 11) is -3.14. The van der Waals surface area contributed by atoms with Crippen molar-refractivity contribution in [1.82, 2.24) is 9.55 Å². The molecule has 66 heavy (non-hydrogen) atoms. The second kappa shape index (κ2) is 21.3. The minimum absolute atomic E-state index is 0.0299. The first-order valence-corrected chi connectivity index (χ1v) is 32.2. The lowest BCUT2D eigenvalue weighted by molar-refractivity contribution is -0.151. The van der Waals surface area contributed by atoms with E-state index in [9.17, 15) is 4.79 Å². The van der Waals surface area contributed by atoms with Gasteiger partial charge in [0, 0.05) is 40.0 Å². The maximum absolute atomic E-state index is 14.0. The largest absolute Gasteiger partial charge is 0.467 e. The highest BCUT2D eigenvalue weighted by molar-refractivity contribution is 6.99. The number of fused-ring (bicyclic) bond motifs is 1. The van der Waals surface area contributed by atoms with Crippen LogP contribution in [0.1, 0.15) is 91.6 Å². The van der Waals surface area contributed by atoms with Crippen LogP contribution in [0.15, 0.2) is 91.3 Å². The van der Waals surface area contributed by atoms with Gasteiger partial charge in [0.05, 0.1) is 36.2 Å². The zero-order valence-corrected chi connectivity index (χ0v) is 46.1. The standard InChI is InChI=1S/C53H80N2O8Si3/c1-38(39(2)62-66(52(6,7)8,40-25-20-18-21-26-40)41-27-22-19-23-28-41)31-32-45(63-65(16,17)51(3,4)5)49-44(60-53(9,10)61-49)30-24-29-42-47(50(56)58-33-34-64(13,14)15)46(59-37-57-12)35-43-48(42)54-36-55(43)11/h18-29,31-32,35-36,38-39,44-45,49H,30,33-34,37H2,1-17H3/t38-,39+,44+,45?,49+/m1/s1. The van der Waals surface area contributed by atoms with Crippen LogP contribution in [0.2, 0.25) is 48.9 Å². The Morgan fingerprint density at radius 3 is 2.03 bits per heavy atom. The number of aromatic nitrogens is 2. The number of rotatable bonds is 20.